The maximum atomic E-state index is 11.6. The van der Waals surface area contributed by atoms with E-state index in [1.165, 1.54) is 6.08 Å². The van der Waals surface area contributed by atoms with E-state index >= 15 is 0 Å². The third kappa shape index (κ3) is 2.12. The van der Waals surface area contributed by atoms with E-state index in [1.807, 2.05) is 6.07 Å². The minimum atomic E-state index is -0.393. The second kappa shape index (κ2) is 4.27. The normalized spacial score (nSPS) is 21.6. The van der Waals surface area contributed by atoms with Crippen molar-refractivity contribution in [3.05, 3.63) is 35.9 Å². The van der Waals surface area contributed by atoms with E-state index in [0.29, 0.717) is 30.1 Å². The first-order chi connectivity index (χ1) is 8.74. The molecule has 1 atom stereocenters. The van der Waals surface area contributed by atoms with Gasteiger partial charge in [-0.2, -0.15) is 0 Å². The SMILES string of the molecule is O=C1C=C(c2ccccc2OCC2CO2)C(=O)N1. The number of hydrogen-bond donors (Lipinski definition) is 1. The van der Waals surface area contributed by atoms with Gasteiger partial charge in [0.25, 0.3) is 11.8 Å². The Morgan fingerprint density at radius 1 is 1.33 bits per heavy atom. The van der Waals surface area contributed by atoms with E-state index in [0.717, 1.165) is 0 Å². The van der Waals surface area contributed by atoms with E-state index in [1.54, 1.807) is 18.2 Å². The first-order valence-corrected chi connectivity index (χ1v) is 5.65. The molecule has 1 aromatic rings. The van der Waals surface area contributed by atoms with E-state index in [-0.39, 0.29) is 6.10 Å². The highest BCUT2D eigenvalue weighted by atomic mass is 16.6. The number of benzene rings is 1. The molecule has 0 bridgehead atoms. The lowest BCUT2D eigenvalue weighted by Crippen LogP contribution is -2.22. The van der Waals surface area contributed by atoms with Crippen molar-refractivity contribution in [1.29, 1.82) is 0 Å². The van der Waals surface area contributed by atoms with Crippen LogP contribution in [-0.2, 0) is 14.3 Å². The Morgan fingerprint density at radius 3 is 2.78 bits per heavy atom. The van der Waals surface area contributed by atoms with Crippen LogP contribution in [0.3, 0.4) is 0 Å². The third-order valence-electron chi connectivity index (χ3n) is 2.76. The molecule has 0 aromatic heterocycles. The molecule has 2 heterocycles. The number of carbonyl (C=O) groups is 2. The second-order valence-corrected chi connectivity index (χ2v) is 4.14. The fraction of sp³-hybridized carbons (Fsp3) is 0.231. The lowest BCUT2D eigenvalue weighted by atomic mass is 10.1. The summed E-state index contributed by atoms with van der Waals surface area (Å²) in [6.07, 6.45) is 1.43. The van der Waals surface area contributed by atoms with Gasteiger partial charge in [-0.25, -0.2) is 0 Å². The summed E-state index contributed by atoms with van der Waals surface area (Å²) in [4.78, 5) is 22.8. The molecule has 1 N–H and O–H groups in total. The Hall–Kier alpha value is -2.14. The number of ether oxygens (including phenoxy) is 2. The topological polar surface area (TPSA) is 67.9 Å². The van der Waals surface area contributed by atoms with Crippen molar-refractivity contribution < 1.29 is 19.1 Å². The fourth-order valence-electron chi connectivity index (χ4n) is 1.77. The Kier molecular flexibility index (Phi) is 2.60. The van der Waals surface area contributed by atoms with Crippen molar-refractivity contribution in [1.82, 2.24) is 5.32 Å². The molecule has 2 aliphatic heterocycles. The summed E-state index contributed by atoms with van der Waals surface area (Å²) in [6.45, 7) is 1.17. The van der Waals surface area contributed by atoms with Crippen LogP contribution in [0, 0.1) is 0 Å². The number of amides is 2. The maximum Gasteiger partial charge on any atom is 0.259 e. The molecule has 92 valence electrons. The molecule has 1 saturated heterocycles. The number of nitrogens with one attached hydrogen (secondary N) is 1. The Morgan fingerprint density at radius 2 is 2.11 bits per heavy atom. The zero-order chi connectivity index (χ0) is 12.5. The van der Waals surface area contributed by atoms with Crippen LogP contribution in [-0.4, -0.2) is 31.1 Å². The average Bonchev–Trinajstić information content (AvgIpc) is 3.12. The molecule has 5 nitrogen and oxygen atoms in total. The van der Waals surface area contributed by atoms with E-state index in [9.17, 15) is 9.59 Å². The van der Waals surface area contributed by atoms with Crippen LogP contribution in [0.25, 0.3) is 5.57 Å². The van der Waals surface area contributed by atoms with Gasteiger partial charge in [-0.3, -0.25) is 14.9 Å². The molecule has 0 aliphatic carbocycles. The summed E-state index contributed by atoms with van der Waals surface area (Å²) in [5.41, 5.74) is 0.966. The molecule has 2 amide bonds. The fourth-order valence-corrected chi connectivity index (χ4v) is 1.77. The molecule has 0 radical (unpaired) electrons. The molecule has 1 fully saturated rings. The largest absolute Gasteiger partial charge is 0.490 e. The van der Waals surface area contributed by atoms with Crippen molar-refractivity contribution in [2.75, 3.05) is 13.2 Å². The highest BCUT2D eigenvalue weighted by Crippen LogP contribution is 2.28. The Bertz CT molecular complexity index is 546. The maximum absolute atomic E-state index is 11.6. The lowest BCUT2D eigenvalue weighted by Gasteiger charge is -2.10. The molecule has 18 heavy (non-hydrogen) atoms. The van der Waals surface area contributed by atoms with E-state index < -0.39 is 11.8 Å². The third-order valence-corrected chi connectivity index (χ3v) is 2.76. The number of hydrogen-bond acceptors (Lipinski definition) is 4. The summed E-state index contributed by atoms with van der Waals surface area (Å²) in [6, 6.07) is 7.15. The van der Waals surface area contributed by atoms with E-state index in [4.69, 9.17) is 9.47 Å². The Balaban J connectivity index is 1.88. The first kappa shape index (κ1) is 11.0. The molecule has 1 unspecified atom stereocenters. The van der Waals surface area contributed by atoms with Gasteiger partial charge in [-0.1, -0.05) is 18.2 Å². The molecule has 1 aromatic carbocycles. The first-order valence-electron chi connectivity index (χ1n) is 5.65. The molecular weight excluding hydrogens is 234 g/mol. The average molecular weight is 245 g/mol. The van der Waals surface area contributed by atoms with Gasteiger partial charge >= 0.3 is 0 Å². The lowest BCUT2D eigenvalue weighted by molar-refractivity contribution is -0.123. The summed E-state index contributed by atoms with van der Waals surface area (Å²) in [5, 5.41) is 2.22. The number of epoxide rings is 1. The van der Waals surface area contributed by atoms with Crippen LogP contribution in [0.15, 0.2) is 30.3 Å². The van der Waals surface area contributed by atoms with Crippen molar-refractivity contribution in [3.8, 4) is 5.75 Å². The molecule has 0 saturated carbocycles. The number of imide groups is 1. The smallest absolute Gasteiger partial charge is 0.259 e. The van der Waals surface area contributed by atoms with E-state index in [2.05, 4.69) is 5.32 Å². The van der Waals surface area contributed by atoms with Gasteiger partial charge < -0.3 is 9.47 Å². The van der Waals surface area contributed by atoms with Gasteiger partial charge in [0.2, 0.25) is 0 Å². The molecule has 5 heteroatoms. The number of carbonyl (C=O) groups excluding carboxylic acids is 2. The van der Waals surface area contributed by atoms with Crippen LogP contribution in [0.5, 0.6) is 5.75 Å². The molecular formula is C13H11NO4. The molecule has 0 spiro atoms. The van der Waals surface area contributed by atoms with Gasteiger partial charge in [0.1, 0.15) is 18.5 Å². The van der Waals surface area contributed by atoms with Gasteiger partial charge in [0, 0.05) is 11.6 Å². The monoisotopic (exact) mass is 245 g/mol. The van der Waals surface area contributed by atoms with Crippen LogP contribution in [0.2, 0.25) is 0 Å². The van der Waals surface area contributed by atoms with Gasteiger partial charge in [-0.15, -0.1) is 0 Å². The minimum Gasteiger partial charge on any atom is -0.490 e. The minimum absolute atomic E-state index is 0.145. The predicted octanol–water partition coefficient (Wildman–Crippen LogP) is 0.504. The Labute approximate surface area is 103 Å². The number of para-hydroxylation sites is 1. The highest BCUT2D eigenvalue weighted by molar-refractivity contribution is 6.33. The zero-order valence-electron chi connectivity index (χ0n) is 9.51. The van der Waals surface area contributed by atoms with Crippen LogP contribution >= 0.6 is 0 Å². The highest BCUT2D eigenvalue weighted by Gasteiger charge is 2.26. The van der Waals surface area contributed by atoms with Crippen molar-refractivity contribution in [2.24, 2.45) is 0 Å². The predicted molar refractivity (Wildman–Crippen MR) is 62.8 cm³/mol. The van der Waals surface area contributed by atoms with Crippen molar-refractivity contribution in [2.45, 2.75) is 6.10 Å². The van der Waals surface area contributed by atoms with Gasteiger partial charge in [0.05, 0.1) is 12.2 Å². The van der Waals surface area contributed by atoms with Gasteiger partial charge in [0.15, 0.2) is 0 Å². The molecule has 3 rings (SSSR count). The quantitative estimate of drug-likeness (QED) is 0.619. The summed E-state index contributed by atoms with van der Waals surface area (Å²) >= 11 is 0. The van der Waals surface area contributed by atoms with Crippen LogP contribution in [0.1, 0.15) is 5.56 Å². The summed E-state index contributed by atoms with van der Waals surface area (Å²) in [7, 11) is 0. The van der Waals surface area contributed by atoms with Crippen LogP contribution in [0.4, 0.5) is 0 Å². The van der Waals surface area contributed by atoms with Crippen molar-refractivity contribution in [3.63, 3.8) is 0 Å². The standard InChI is InChI=1S/C13H11NO4/c15-12-5-10(13(16)14-12)9-3-1-2-4-11(9)18-7-8-6-17-8/h1-5,8H,6-7H2,(H,14,15,16). The number of rotatable bonds is 4. The zero-order valence-corrected chi connectivity index (χ0v) is 9.51. The summed E-state index contributed by atoms with van der Waals surface area (Å²) in [5.74, 6) is -0.196. The van der Waals surface area contributed by atoms with Gasteiger partial charge in [-0.05, 0) is 6.07 Å². The molecule has 2 aliphatic rings. The summed E-state index contributed by atoms with van der Waals surface area (Å²) < 4.78 is 10.7. The second-order valence-electron chi connectivity index (χ2n) is 4.14. The van der Waals surface area contributed by atoms with Crippen molar-refractivity contribution >= 4 is 17.4 Å². The van der Waals surface area contributed by atoms with Crippen LogP contribution < -0.4 is 10.1 Å².